The number of amides is 3. The van der Waals surface area contributed by atoms with Gasteiger partial charge in [-0.2, -0.15) is 0 Å². The minimum absolute atomic E-state index is 0.0847. The summed E-state index contributed by atoms with van der Waals surface area (Å²) in [5.74, 6) is -2.00. The average molecular weight is 522 g/mol. The second-order valence-corrected chi connectivity index (χ2v) is 11.0. The molecule has 0 bridgehead atoms. The summed E-state index contributed by atoms with van der Waals surface area (Å²) in [4.78, 5) is 41.4. The second-order valence-electron chi connectivity index (χ2n) is 11.0. The van der Waals surface area contributed by atoms with Crippen molar-refractivity contribution in [2.45, 2.75) is 78.8 Å². The second kappa shape index (κ2) is 14.1. The predicted molar refractivity (Wildman–Crippen MR) is 149 cm³/mol. The van der Waals surface area contributed by atoms with E-state index in [0.29, 0.717) is 38.8 Å². The van der Waals surface area contributed by atoms with E-state index in [1.807, 2.05) is 37.8 Å². The first-order valence-corrected chi connectivity index (χ1v) is 13.9. The fourth-order valence-electron chi connectivity index (χ4n) is 5.36. The third kappa shape index (κ3) is 7.90. The molecule has 3 N–H and O–H groups in total. The van der Waals surface area contributed by atoms with E-state index in [1.54, 1.807) is 5.48 Å². The molecule has 1 unspecified atom stereocenters. The maximum atomic E-state index is 13.6. The zero-order chi connectivity index (χ0) is 27.7. The summed E-state index contributed by atoms with van der Waals surface area (Å²) in [6, 6.07) is 16.0. The molecular weight excluding hydrogens is 478 g/mol. The van der Waals surface area contributed by atoms with Gasteiger partial charge in [0, 0.05) is 19.0 Å². The van der Waals surface area contributed by atoms with Crippen molar-refractivity contribution in [2.75, 3.05) is 6.54 Å². The Kier molecular flexibility index (Phi) is 10.9. The number of carbonyl (C=O) groups excluding carboxylic acids is 3. The van der Waals surface area contributed by atoms with E-state index in [2.05, 4.69) is 48.6 Å². The molecule has 1 heterocycles. The molecule has 38 heavy (non-hydrogen) atoms. The van der Waals surface area contributed by atoms with Crippen molar-refractivity contribution in [3.63, 3.8) is 0 Å². The van der Waals surface area contributed by atoms with Gasteiger partial charge in [0.1, 0.15) is 6.04 Å². The first kappa shape index (κ1) is 29.4. The van der Waals surface area contributed by atoms with Gasteiger partial charge in [-0.3, -0.25) is 19.6 Å². The first-order chi connectivity index (χ1) is 18.2. The van der Waals surface area contributed by atoms with Crippen LogP contribution in [0.1, 0.15) is 70.4 Å². The number of hydrogen-bond donors (Lipinski definition) is 3. The van der Waals surface area contributed by atoms with Crippen LogP contribution in [0.2, 0.25) is 0 Å². The molecule has 1 aliphatic heterocycles. The molecule has 0 aliphatic carbocycles. The van der Waals surface area contributed by atoms with E-state index < -0.39 is 23.8 Å². The molecule has 7 nitrogen and oxygen atoms in total. The quantitative estimate of drug-likeness (QED) is 0.278. The van der Waals surface area contributed by atoms with Gasteiger partial charge in [-0.05, 0) is 67.7 Å². The van der Waals surface area contributed by atoms with Gasteiger partial charge in [0.2, 0.25) is 17.7 Å². The van der Waals surface area contributed by atoms with Gasteiger partial charge >= 0.3 is 0 Å². The number of benzene rings is 2. The van der Waals surface area contributed by atoms with Crippen LogP contribution in [0.25, 0.3) is 11.1 Å². The van der Waals surface area contributed by atoms with Crippen LogP contribution in [0, 0.1) is 24.7 Å². The topological polar surface area (TPSA) is 98.7 Å². The number of carbonyl (C=O) groups is 3. The van der Waals surface area contributed by atoms with E-state index in [0.717, 1.165) is 29.5 Å². The van der Waals surface area contributed by atoms with E-state index in [-0.39, 0.29) is 17.7 Å². The Bertz CT molecular complexity index is 1080. The molecule has 2 aromatic rings. The fraction of sp³-hybridized carbons (Fsp3) is 0.516. The van der Waals surface area contributed by atoms with Gasteiger partial charge in [-0.25, -0.2) is 5.48 Å². The van der Waals surface area contributed by atoms with Crippen LogP contribution in [0.3, 0.4) is 0 Å². The van der Waals surface area contributed by atoms with E-state index in [4.69, 9.17) is 0 Å². The van der Waals surface area contributed by atoms with Crippen LogP contribution >= 0.6 is 0 Å². The van der Waals surface area contributed by atoms with Crippen LogP contribution in [0.5, 0.6) is 0 Å². The van der Waals surface area contributed by atoms with Crippen molar-refractivity contribution < 1.29 is 19.6 Å². The van der Waals surface area contributed by atoms with E-state index >= 15 is 0 Å². The lowest BCUT2D eigenvalue weighted by Gasteiger charge is -2.29. The third-order valence-corrected chi connectivity index (χ3v) is 7.38. The zero-order valence-electron chi connectivity index (χ0n) is 23.2. The summed E-state index contributed by atoms with van der Waals surface area (Å²) >= 11 is 0. The predicted octanol–water partition coefficient (Wildman–Crippen LogP) is 5.24. The summed E-state index contributed by atoms with van der Waals surface area (Å²) in [6.45, 7) is 9.14. The molecule has 0 saturated carbocycles. The zero-order valence-corrected chi connectivity index (χ0v) is 23.2. The minimum atomic E-state index is -0.645. The monoisotopic (exact) mass is 521 g/mol. The highest BCUT2D eigenvalue weighted by atomic mass is 16.5. The van der Waals surface area contributed by atoms with Gasteiger partial charge in [-0.1, -0.05) is 75.2 Å². The summed E-state index contributed by atoms with van der Waals surface area (Å²) in [5.41, 5.74) is 6.24. The van der Waals surface area contributed by atoms with Gasteiger partial charge in [0.15, 0.2) is 0 Å². The molecule has 0 aromatic heterocycles. The molecule has 3 atom stereocenters. The van der Waals surface area contributed by atoms with Gasteiger partial charge in [0.25, 0.3) is 0 Å². The number of hydrogen-bond acceptors (Lipinski definition) is 4. The standard InChI is InChI=1S/C31H43N3O4/c1-5-9-26(30(36)33-38)27(18-21(2)3)29(35)32-28-12-6-7-17-34(31(28)37)20-23-10-8-11-25(19-23)24-15-13-22(4)14-16-24/h8,10-11,13-16,19,21,26-28,38H,5-7,9,12,17-18,20H2,1-4H3,(H,32,35)(H,33,36)/t26-,27?,28-/m0/s1. The lowest BCUT2D eigenvalue weighted by molar-refractivity contribution is -0.143. The van der Waals surface area contributed by atoms with Crippen LogP contribution in [-0.2, 0) is 20.9 Å². The Morgan fingerprint density at radius 2 is 1.76 bits per heavy atom. The molecular formula is C31H43N3O4. The van der Waals surface area contributed by atoms with Crippen molar-refractivity contribution >= 4 is 17.7 Å². The maximum absolute atomic E-state index is 13.6. The maximum Gasteiger partial charge on any atom is 0.247 e. The average Bonchev–Trinajstić information content (AvgIpc) is 3.07. The van der Waals surface area contributed by atoms with Gasteiger partial charge in [0.05, 0.1) is 5.92 Å². The van der Waals surface area contributed by atoms with Crippen molar-refractivity contribution in [3.8, 4) is 11.1 Å². The van der Waals surface area contributed by atoms with Crippen LogP contribution in [0.15, 0.2) is 48.5 Å². The highest BCUT2D eigenvalue weighted by molar-refractivity contribution is 5.91. The Balaban J connectivity index is 1.75. The highest BCUT2D eigenvalue weighted by Gasteiger charge is 2.36. The molecule has 1 fully saturated rings. The summed E-state index contributed by atoms with van der Waals surface area (Å²) in [7, 11) is 0. The molecule has 206 valence electrons. The summed E-state index contributed by atoms with van der Waals surface area (Å²) < 4.78 is 0. The summed E-state index contributed by atoms with van der Waals surface area (Å²) in [6.07, 6.45) is 3.97. The minimum Gasteiger partial charge on any atom is -0.344 e. The largest absolute Gasteiger partial charge is 0.344 e. The number of hydroxylamine groups is 1. The van der Waals surface area contributed by atoms with Crippen LogP contribution < -0.4 is 10.8 Å². The molecule has 0 spiro atoms. The normalized spacial score (nSPS) is 17.6. The molecule has 3 amide bonds. The SMILES string of the molecule is CCC[C@H](C(=O)NO)C(CC(C)C)C(=O)N[C@H]1CCCCN(Cc2cccc(-c3ccc(C)cc3)c2)C1=O. The Labute approximate surface area is 227 Å². The van der Waals surface area contributed by atoms with Gasteiger partial charge < -0.3 is 10.2 Å². The van der Waals surface area contributed by atoms with Crippen molar-refractivity contribution in [2.24, 2.45) is 17.8 Å². The van der Waals surface area contributed by atoms with Crippen LogP contribution in [0.4, 0.5) is 0 Å². The number of nitrogens with zero attached hydrogens (tertiary/aromatic N) is 1. The molecule has 1 aliphatic rings. The summed E-state index contributed by atoms with van der Waals surface area (Å²) in [5, 5.41) is 12.3. The van der Waals surface area contributed by atoms with Gasteiger partial charge in [-0.15, -0.1) is 0 Å². The Hall–Kier alpha value is -3.19. The number of rotatable bonds is 11. The Morgan fingerprint density at radius 3 is 2.42 bits per heavy atom. The van der Waals surface area contributed by atoms with Crippen LogP contribution in [-0.4, -0.2) is 40.4 Å². The number of nitrogens with one attached hydrogen (secondary N) is 2. The third-order valence-electron chi connectivity index (χ3n) is 7.38. The van der Waals surface area contributed by atoms with E-state index in [9.17, 15) is 19.6 Å². The lowest BCUT2D eigenvalue weighted by Crippen LogP contribution is -2.51. The van der Waals surface area contributed by atoms with Crippen molar-refractivity contribution in [3.05, 3.63) is 59.7 Å². The van der Waals surface area contributed by atoms with Crippen molar-refractivity contribution in [1.82, 2.24) is 15.7 Å². The smallest absolute Gasteiger partial charge is 0.247 e. The van der Waals surface area contributed by atoms with E-state index in [1.165, 1.54) is 5.56 Å². The number of likely N-dealkylation sites (tertiary alicyclic amines) is 1. The molecule has 7 heteroatoms. The molecule has 2 aromatic carbocycles. The molecule has 3 rings (SSSR count). The first-order valence-electron chi connectivity index (χ1n) is 13.9. The number of aryl methyl sites for hydroxylation is 1. The fourth-order valence-corrected chi connectivity index (χ4v) is 5.36. The molecule has 1 saturated heterocycles. The lowest BCUT2D eigenvalue weighted by atomic mass is 9.81. The Morgan fingerprint density at radius 1 is 1.03 bits per heavy atom. The highest BCUT2D eigenvalue weighted by Crippen LogP contribution is 2.27. The van der Waals surface area contributed by atoms with Crippen molar-refractivity contribution in [1.29, 1.82) is 0 Å². The molecule has 0 radical (unpaired) electrons.